The standard InChI is InChI=1S/C34H34ClF2N5O2/c1-3-28(43)40-15-16-42(21(2)18-40)32-26-12-11-25(24-9-4-7-22-8-5-10-27(35)29(22)24)30(37)31(26)38-33(39-32)44-20-34-13-6-14-41(34)19-23(36)17-34/h3-5,7-12,21,23H,1,6,13-20H2,2H3/t21-,23+,34?/m0/s1. The van der Waals surface area contributed by atoms with Crippen molar-refractivity contribution < 1.29 is 18.3 Å². The number of hydrogen-bond donors (Lipinski definition) is 0. The highest BCUT2D eigenvalue weighted by Crippen LogP contribution is 2.42. The average molecular weight is 618 g/mol. The van der Waals surface area contributed by atoms with Gasteiger partial charge >= 0.3 is 6.01 Å². The minimum atomic E-state index is -0.894. The van der Waals surface area contributed by atoms with Crippen LogP contribution in [0, 0.1) is 5.82 Å². The van der Waals surface area contributed by atoms with E-state index in [4.69, 9.17) is 21.3 Å². The molecular weight excluding hydrogens is 584 g/mol. The smallest absolute Gasteiger partial charge is 0.319 e. The minimum absolute atomic E-state index is 0.0554. The number of alkyl halides is 1. The topological polar surface area (TPSA) is 61.8 Å². The Morgan fingerprint density at radius 2 is 1.93 bits per heavy atom. The molecule has 0 bridgehead atoms. The Kier molecular flexibility index (Phi) is 7.41. The van der Waals surface area contributed by atoms with Gasteiger partial charge in [-0.15, -0.1) is 0 Å². The fourth-order valence-electron chi connectivity index (χ4n) is 7.39. The average Bonchev–Trinajstić information content (AvgIpc) is 3.55. The summed E-state index contributed by atoms with van der Waals surface area (Å²) in [4.78, 5) is 27.8. The van der Waals surface area contributed by atoms with E-state index in [2.05, 4.69) is 21.4 Å². The fourth-order valence-corrected chi connectivity index (χ4v) is 7.67. The minimum Gasteiger partial charge on any atom is -0.461 e. The highest BCUT2D eigenvalue weighted by Gasteiger charge is 2.49. The number of ether oxygens (including phenoxy) is 1. The van der Waals surface area contributed by atoms with Crippen molar-refractivity contribution in [2.45, 2.75) is 43.9 Å². The predicted molar refractivity (Wildman–Crippen MR) is 170 cm³/mol. The van der Waals surface area contributed by atoms with Crippen molar-refractivity contribution in [2.75, 3.05) is 44.2 Å². The van der Waals surface area contributed by atoms with Crippen LogP contribution in [0.1, 0.15) is 26.2 Å². The number of fused-ring (bicyclic) bond motifs is 3. The third-order valence-corrected chi connectivity index (χ3v) is 9.84. The van der Waals surface area contributed by atoms with E-state index < -0.39 is 17.5 Å². The number of anilines is 1. The Labute approximate surface area is 260 Å². The first-order chi connectivity index (χ1) is 21.3. The zero-order valence-corrected chi connectivity index (χ0v) is 25.4. The molecule has 3 aliphatic heterocycles. The Bertz CT molecular complexity index is 1780. The number of rotatable bonds is 6. The van der Waals surface area contributed by atoms with E-state index >= 15 is 4.39 Å². The van der Waals surface area contributed by atoms with Crippen LogP contribution in [0.15, 0.2) is 61.2 Å². The molecule has 228 valence electrons. The molecule has 0 saturated carbocycles. The lowest BCUT2D eigenvalue weighted by atomic mass is 9.95. The Morgan fingerprint density at radius 3 is 2.73 bits per heavy atom. The molecule has 3 aliphatic rings. The molecule has 7 rings (SSSR count). The SMILES string of the molecule is C=CC(=O)N1CCN(c2nc(OCC34CCCN3C[C@H](F)C4)nc3c(F)c(-c4cccc5cccc(Cl)c45)ccc23)[C@@H](C)C1. The molecule has 0 aliphatic carbocycles. The maximum Gasteiger partial charge on any atom is 0.319 e. The molecule has 0 radical (unpaired) electrons. The number of piperazine rings is 1. The molecule has 0 spiro atoms. The summed E-state index contributed by atoms with van der Waals surface area (Å²) in [6.07, 6.45) is 2.65. The number of benzene rings is 3. The molecule has 44 heavy (non-hydrogen) atoms. The largest absolute Gasteiger partial charge is 0.461 e. The van der Waals surface area contributed by atoms with Crippen LogP contribution in [0.25, 0.3) is 32.8 Å². The molecule has 0 N–H and O–H groups in total. The van der Waals surface area contributed by atoms with Crippen molar-refractivity contribution in [1.29, 1.82) is 0 Å². The van der Waals surface area contributed by atoms with Crippen molar-refractivity contribution in [3.8, 4) is 17.1 Å². The van der Waals surface area contributed by atoms with Crippen LogP contribution in [0.4, 0.5) is 14.6 Å². The van der Waals surface area contributed by atoms with Gasteiger partial charge in [0, 0.05) is 60.0 Å². The summed E-state index contributed by atoms with van der Waals surface area (Å²) < 4.78 is 37.4. The summed E-state index contributed by atoms with van der Waals surface area (Å²) >= 11 is 6.61. The summed E-state index contributed by atoms with van der Waals surface area (Å²) in [5.74, 6) is -0.0809. The lowest BCUT2D eigenvalue weighted by Gasteiger charge is -2.40. The normalized spacial score (nSPS) is 23.8. The van der Waals surface area contributed by atoms with Crippen molar-refractivity contribution in [3.63, 3.8) is 0 Å². The van der Waals surface area contributed by atoms with E-state index in [1.165, 1.54) is 6.08 Å². The Balaban J connectivity index is 1.33. The number of amides is 1. The number of halogens is 3. The van der Waals surface area contributed by atoms with Gasteiger partial charge in [0.25, 0.3) is 0 Å². The third-order valence-electron chi connectivity index (χ3n) is 9.53. The molecule has 7 nitrogen and oxygen atoms in total. The molecular formula is C34H34ClF2N5O2. The summed E-state index contributed by atoms with van der Waals surface area (Å²) in [6, 6.07) is 14.9. The Morgan fingerprint density at radius 1 is 1.11 bits per heavy atom. The number of hydrogen-bond acceptors (Lipinski definition) is 6. The maximum atomic E-state index is 16.7. The van der Waals surface area contributed by atoms with Gasteiger partial charge < -0.3 is 14.5 Å². The van der Waals surface area contributed by atoms with E-state index in [9.17, 15) is 9.18 Å². The molecule has 1 unspecified atom stereocenters. The van der Waals surface area contributed by atoms with Crippen LogP contribution >= 0.6 is 11.6 Å². The van der Waals surface area contributed by atoms with Gasteiger partial charge in [-0.3, -0.25) is 9.69 Å². The van der Waals surface area contributed by atoms with Crippen molar-refractivity contribution in [3.05, 3.63) is 72.0 Å². The van der Waals surface area contributed by atoms with E-state index in [0.717, 1.165) is 30.2 Å². The summed E-state index contributed by atoms with van der Waals surface area (Å²) in [5, 5.41) is 2.75. The van der Waals surface area contributed by atoms with Gasteiger partial charge in [-0.2, -0.15) is 9.97 Å². The zero-order chi connectivity index (χ0) is 30.6. The number of carbonyl (C=O) groups excluding carboxylic acids is 1. The molecule has 1 amide bonds. The monoisotopic (exact) mass is 617 g/mol. The predicted octanol–water partition coefficient (Wildman–Crippen LogP) is 6.42. The summed E-state index contributed by atoms with van der Waals surface area (Å²) in [7, 11) is 0. The van der Waals surface area contributed by atoms with Gasteiger partial charge in [-0.25, -0.2) is 8.78 Å². The van der Waals surface area contributed by atoms with Crippen LogP contribution < -0.4 is 9.64 Å². The molecule has 3 aromatic carbocycles. The van der Waals surface area contributed by atoms with E-state index in [-0.39, 0.29) is 30.1 Å². The highest BCUT2D eigenvalue weighted by atomic mass is 35.5. The van der Waals surface area contributed by atoms with E-state index in [1.807, 2.05) is 43.3 Å². The maximum absolute atomic E-state index is 16.7. The van der Waals surface area contributed by atoms with Crippen molar-refractivity contribution >= 4 is 45.0 Å². The molecule has 3 saturated heterocycles. The number of carbonyl (C=O) groups is 1. The van der Waals surface area contributed by atoms with Crippen LogP contribution in [-0.4, -0.2) is 82.8 Å². The first kappa shape index (κ1) is 28.9. The van der Waals surface area contributed by atoms with Crippen LogP contribution in [0.3, 0.4) is 0 Å². The fraction of sp³-hybridized carbons (Fsp3) is 0.382. The van der Waals surface area contributed by atoms with Gasteiger partial charge in [0.05, 0.1) is 5.54 Å². The third kappa shape index (κ3) is 4.86. The van der Waals surface area contributed by atoms with Gasteiger partial charge in [0.1, 0.15) is 24.1 Å². The number of aromatic nitrogens is 2. The first-order valence-corrected chi connectivity index (χ1v) is 15.5. The summed E-state index contributed by atoms with van der Waals surface area (Å²) in [5.41, 5.74) is 0.777. The van der Waals surface area contributed by atoms with Gasteiger partial charge in [0.2, 0.25) is 5.91 Å². The lowest BCUT2D eigenvalue weighted by molar-refractivity contribution is -0.126. The molecule has 3 fully saturated rings. The second-order valence-corrected chi connectivity index (χ2v) is 12.6. The zero-order valence-electron chi connectivity index (χ0n) is 24.6. The van der Waals surface area contributed by atoms with Crippen molar-refractivity contribution in [1.82, 2.24) is 19.8 Å². The molecule has 3 atom stereocenters. The summed E-state index contributed by atoms with van der Waals surface area (Å²) in [6.45, 7) is 8.54. The second-order valence-electron chi connectivity index (χ2n) is 12.2. The van der Waals surface area contributed by atoms with Crippen molar-refractivity contribution in [2.24, 2.45) is 0 Å². The molecule has 10 heteroatoms. The highest BCUT2D eigenvalue weighted by molar-refractivity contribution is 6.36. The molecule has 4 aromatic rings. The molecule has 4 heterocycles. The van der Waals surface area contributed by atoms with Gasteiger partial charge in [-0.1, -0.05) is 54.6 Å². The number of nitrogens with zero attached hydrogens (tertiary/aromatic N) is 5. The first-order valence-electron chi connectivity index (χ1n) is 15.2. The van der Waals surface area contributed by atoms with Crippen LogP contribution in [0.5, 0.6) is 6.01 Å². The van der Waals surface area contributed by atoms with Gasteiger partial charge in [0.15, 0.2) is 5.82 Å². The van der Waals surface area contributed by atoms with E-state index in [1.54, 1.807) is 17.0 Å². The van der Waals surface area contributed by atoms with Gasteiger partial charge in [-0.05, 0) is 55.5 Å². The lowest BCUT2D eigenvalue weighted by Crippen LogP contribution is -2.53. The van der Waals surface area contributed by atoms with Crippen LogP contribution in [0.2, 0.25) is 5.02 Å². The second kappa shape index (κ2) is 11.3. The quantitative estimate of drug-likeness (QED) is 0.233. The van der Waals surface area contributed by atoms with E-state index in [0.29, 0.717) is 60.0 Å². The molecule has 1 aromatic heterocycles. The van der Waals surface area contributed by atoms with Crippen LogP contribution in [-0.2, 0) is 4.79 Å². The Hall–Kier alpha value is -3.82.